The van der Waals surface area contributed by atoms with Crippen molar-refractivity contribution in [1.29, 1.82) is 0 Å². The maximum absolute atomic E-state index is 13.2. The molecular weight excluding hydrogens is 448 g/mol. The van der Waals surface area contributed by atoms with Gasteiger partial charge in [0.15, 0.2) is 17.6 Å². The number of rotatable bonds is 10. The maximum Gasteiger partial charge on any atom is 0.321 e. The Morgan fingerprint density at radius 1 is 0.971 bits per heavy atom. The number of carboxylic acids is 1. The number of aliphatic carboxylic acids is 1. The Bertz CT molecular complexity index is 1170. The Balaban J connectivity index is 1.69. The number of anilines is 1. The molecule has 3 aromatic rings. The Morgan fingerprint density at radius 2 is 1.57 bits per heavy atom. The molecular formula is C27H28N2O6. The van der Waals surface area contributed by atoms with Crippen molar-refractivity contribution in [2.45, 2.75) is 31.2 Å². The van der Waals surface area contributed by atoms with Crippen molar-refractivity contribution in [3.05, 3.63) is 89.5 Å². The molecule has 1 amide bonds. The summed E-state index contributed by atoms with van der Waals surface area (Å²) in [7, 11) is 3.03. The van der Waals surface area contributed by atoms with Crippen molar-refractivity contribution in [2.75, 3.05) is 19.5 Å². The van der Waals surface area contributed by atoms with Gasteiger partial charge in [-0.05, 0) is 29.2 Å². The van der Waals surface area contributed by atoms with E-state index in [0.29, 0.717) is 22.7 Å². The van der Waals surface area contributed by atoms with Crippen LogP contribution in [0.5, 0.6) is 11.5 Å². The zero-order valence-corrected chi connectivity index (χ0v) is 19.6. The number of hydrogen-bond acceptors (Lipinski definition) is 6. The molecule has 182 valence electrons. The lowest BCUT2D eigenvalue weighted by molar-refractivity contribution is -0.141. The summed E-state index contributed by atoms with van der Waals surface area (Å²) < 4.78 is 16.9. The van der Waals surface area contributed by atoms with Crippen molar-refractivity contribution in [3.8, 4) is 11.5 Å². The second-order valence-electron chi connectivity index (χ2n) is 8.23. The topological polar surface area (TPSA) is 106 Å². The summed E-state index contributed by atoms with van der Waals surface area (Å²) in [5.41, 5.74) is 2.92. The molecule has 0 bridgehead atoms. The highest BCUT2D eigenvalue weighted by Crippen LogP contribution is 2.40. The quantitative estimate of drug-likeness (QED) is 0.411. The van der Waals surface area contributed by atoms with E-state index in [2.05, 4.69) is 10.6 Å². The van der Waals surface area contributed by atoms with Crippen LogP contribution in [0.15, 0.2) is 72.8 Å². The Hall–Kier alpha value is -3.88. The van der Waals surface area contributed by atoms with Gasteiger partial charge in [0.25, 0.3) is 5.91 Å². The molecule has 1 heterocycles. The number of carbonyl (C=O) groups is 2. The molecule has 0 radical (unpaired) electrons. The van der Waals surface area contributed by atoms with E-state index >= 15 is 0 Å². The number of methoxy groups -OCH3 is 2. The van der Waals surface area contributed by atoms with Crippen LogP contribution in [0.4, 0.5) is 5.69 Å². The van der Waals surface area contributed by atoms with Crippen molar-refractivity contribution in [1.82, 2.24) is 5.32 Å². The number of ether oxygens (including phenoxy) is 3. The fourth-order valence-electron chi connectivity index (χ4n) is 4.17. The lowest BCUT2D eigenvalue weighted by Gasteiger charge is -2.35. The predicted octanol–water partition coefficient (Wildman–Crippen LogP) is 3.57. The summed E-state index contributed by atoms with van der Waals surface area (Å²) in [5, 5.41) is 16.1. The van der Waals surface area contributed by atoms with Gasteiger partial charge in [-0.1, -0.05) is 60.7 Å². The molecule has 1 aliphatic rings. The average molecular weight is 477 g/mol. The van der Waals surface area contributed by atoms with Crippen LogP contribution in [0.2, 0.25) is 0 Å². The van der Waals surface area contributed by atoms with Crippen LogP contribution >= 0.6 is 0 Å². The summed E-state index contributed by atoms with van der Waals surface area (Å²) in [6.45, 7) is 0.191. The summed E-state index contributed by atoms with van der Waals surface area (Å²) in [4.78, 5) is 25.4. The van der Waals surface area contributed by atoms with Crippen molar-refractivity contribution in [3.63, 3.8) is 0 Å². The van der Waals surface area contributed by atoms with E-state index in [1.54, 1.807) is 12.1 Å². The normalized spacial score (nSPS) is 17.7. The smallest absolute Gasteiger partial charge is 0.321 e. The van der Waals surface area contributed by atoms with Gasteiger partial charge in [-0.2, -0.15) is 0 Å². The highest BCUT2D eigenvalue weighted by atomic mass is 16.5. The van der Waals surface area contributed by atoms with Crippen LogP contribution in [-0.4, -0.2) is 43.3 Å². The Labute approximate surface area is 203 Å². The van der Waals surface area contributed by atoms with E-state index in [4.69, 9.17) is 14.2 Å². The lowest BCUT2D eigenvalue weighted by Crippen LogP contribution is -2.51. The highest BCUT2D eigenvalue weighted by Gasteiger charge is 2.40. The zero-order chi connectivity index (χ0) is 24.8. The predicted molar refractivity (Wildman–Crippen MR) is 131 cm³/mol. The van der Waals surface area contributed by atoms with Crippen molar-refractivity contribution < 1.29 is 28.9 Å². The van der Waals surface area contributed by atoms with E-state index in [1.165, 1.54) is 14.2 Å². The number of nitrogens with one attached hydrogen (secondary N) is 2. The summed E-state index contributed by atoms with van der Waals surface area (Å²) in [6, 6.07) is 20.5. The largest absolute Gasteiger partial charge is 0.493 e. The van der Waals surface area contributed by atoms with Gasteiger partial charge in [-0.15, -0.1) is 0 Å². The molecule has 8 heteroatoms. The third-order valence-electron chi connectivity index (χ3n) is 5.94. The lowest BCUT2D eigenvalue weighted by atomic mass is 9.92. The number of hydrogen-bond donors (Lipinski definition) is 3. The standard InChI is InChI=1S/C27H28N2O6/c1-33-22-14-19-20(15-23(22)34-2)29-26(30)25(35-16-18-11-7-4-8-12-18)24(19)28-21(27(31)32)13-17-9-5-3-6-10-17/h3-12,14-15,21,24-25,28H,13,16H2,1-2H3,(H,29,30)(H,31,32). The second-order valence-corrected chi connectivity index (χ2v) is 8.23. The van der Waals surface area contributed by atoms with E-state index in [0.717, 1.165) is 11.1 Å². The first-order valence-corrected chi connectivity index (χ1v) is 11.2. The fourth-order valence-corrected chi connectivity index (χ4v) is 4.17. The van der Waals surface area contributed by atoms with Gasteiger partial charge in [-0.3, -0.25) is 14.9 Å². The molecule has 3 N–H and O–H groups in total. The van der Waals surface area contributed by atoms with Crippen LogP contribution in [-0.2, 0) is 27.4 Å². The molecule has 8 nitrogen and oxygen atoms in total. The first-order chi connectivity index (χ1) is 17.0. The SMILES string of the molecule is COc1cc2c(cc1OC)C(NC(Cc1ccccc1)C(=O)O)C(OCc1ccccc1)C(=O)N2. The molecule has 1 aliphatic heterocycles. The Morgan fingerprint density at radius 3 is 2.17 bits per heavy atom. The minimum atomic E-state index is -1.02. The van der Waals surface area contributed by atoms with Gasteiger partial charge >= 0.3 is 5.97 Å². The van der Waals surface area contributed by atoms with Gasteiger partial charge in [-0.25, -0.2) is 0 Å². The molecule has 0 saturated heterocycles. The summed E-state index contributed by atoms with van der Waals surface area (Å²) in [6.07, 6.45) is -0.735. The van der Waals surface area contributed by atoms with Crippen molar-refractivity contribution >= 4 is 17.6 Å². The molecule has 0 spiro atoms. The Kier molecular flexibility index (Phi) is 7.64. The van der Waals surface area contributed by atoms with Crippen LogP contribution in [0.1, 0.15) is 22.7 Å². The number of fused-ring (bicyclic) bond motifs is 1. The maximum atomic E-state index is 13.2. The number of amides is 1. The molecule has 0 fully saturated rings. The highest BCUT2D eigenvalue weighted by molar-refractivity contribution is 5.98. The van der Waals surface area contributed by atoms with E-state index < -0.39 is 24.2 Å². The average Bonchev–Trinajstić information content (AvgIpc) is 2.88. The van der Waals surface area contributed by atoms with Gasteiger partial charge < -0.3 is 24.6 Å². The molecule has 35 heavy (non-hydrogen) atoms. The van der Waals surface area contributed by atoms with E-state index in [9.17, 15) is 14.7 Å². The molecule has 0 aliphatic carbocycles. The molecule has 0 aromatic heterocycles. The minimum Gasteiger partial charge on any atom is -0.493 e. The molecule has 0 saturated carbocycles. The third-order valence-corrected chi connectivity index (χ3v) is 5.94. The van der Waals surface area contributed by atoms with Crippen LogP contribution in [0.3, 0.4) is 0 Å². The third kappa shape index (κ3) is 5.62. The molecule has 3 unspecified atom stereocenters. The van der Waals surface area contributed by atoms with Crippen LogP contribution in [0.25, 0.3) is 0 Å². The fraction of sp³-hybridized carbons (Fsp3) is 0.259. The number of carboxylic acid groups (broad SMARTS) is 1. The van der Waals surface area contributed by atoms with Crippen LogP contribution in [0, 0.1) is 0 Å². The minimum absolute atomic E-state index is 0.191. The summed E-state index contributed by atoms with van der Waals surface area (Å²) in [5.74, 6) is -0.482. The number of carbonyl (C=O) groups excluding carboxylic acids is 1. The van der Waals surface area contributed by atoms with E-state index in [1.807, 2.05) is 60.7 Å². The first kappa shape index (κ1) is 24.3. The van der Waals surface area contributed by atoms with Crippen LogP contribution < -0.4 is 20.1 Å². The second kappa shape index (κ2) is 11.0. The van der Waals surface area contributed by atoms with Gasteiger partial charge in [0.2, 0.25) is 0 Å². The summed E-state index contributed by atoms with van der Waals surface area (Å²) >= 11 is 0. The van der Waals surface area contributed by atoms with Crippen molar-refractivity contribution in [2.24, 2.45) is 0 Å². The first-order valence-electron chi connectivity index (χ1n) is 11.2. The molecule has 3 atom stereocenters. The van der Waals surface area contributed by atoms with Gasteiger partial charge in [0.1, 0.15) is 6.04 Å². The molecule has 3 aromatic carbocycles. The van der Waals surface area contributed by atoms with E-state index in [-0.39, 0.29) is 18.9 Å². The number of benzene rings is 3. The monoisotopic (exact) mass is 476 g/mol. The molecule has 4 rings (SSSR count). The van der Waals surface area contributed by atoms with Gasteiger partial charge in [0, 0.05) is 11.8 Å². The van der Waals surface area contributed by atoms with Gasteiger partial charge in [0.05, 0.1) is 26.9 Å². The zero-order valence-electron chi connectivity index (χ0n) is 19.6.